The zero-order valence-electron chi connectivity index (χ0n) is 13.4. The molecule has 1 atom stereocenters. The average Bonchev–Trinajstić information content (AvgIpc) is 3.13. The molecule has 0 saturated heterocycles. The minimum atomic E-state index is 0.0106. The number of aromatic nitrogens is 3. The van der Waals surface area contributed by atoms with Crippen molar-refractivity contribution in [3.8, 4) is 11.6 Å². The van der Waals surface area contributed by atoms with Gasteiger partial charge in [0.05, 0.1) is 12.0 Å². The standard InChI is InChI=1S/C15H22N4O2S/c1-5-19-14(12-7-6-8-21-12)17-18-15(19)22-9-13(20)16-11(4)10(2)3/h6-8,10-11H,5,9H2,1-4H3,(H,16,20)/t11-/m0/s1. The monoisotopic (exact) mass is 322 g/mol. The van der Waals surface area contributed by atoms with Crippen molar-refractivity contribution in [2.75, 3.05) is 5.75 Å². The summed E-state index contributed by atoms with van der Waals surface area (Å²) in [6.07, 6.45) is 1.61. The highest BCUT2D eigenvalue weighted by Crippen LogP contribution is 2.24. The Morgan fingerprint density at radius 1 is 1.41 bits per heavy atom. The van der Waals surface area contributed by atoms with Gasteiger partial charge >= 0.3 is 0 Å². The molecule has 7 heteroatoms. The van der Waals surface area contributed by atoms with Crippen LogP contribution in [0.2, 0.25) is 0 Å². The number of rotatable bonds is 7. The van der Waals surface area contributed by atoms with Gasteiger partial charge in [-0.15, -0.1) is 10.2 Å². The third kappa shape index (κ3) is 3.91. The Bertz CT molecular complexity index is 607. The van der Waals surface area contributed by atoms with Crippen LogP contribution in [-0.2, 0) is 11.3 Å². The van der Waals surface area contributed by atoms with E-state index in [0.29, 0.717) is 23.3 Å². The number of amides is 1. The van der Waals surface area contributed by atoms with Crippen LogP contribution in [0.1, 0.15) is 27.7 Å². The summed E-state index contributed by atoms with van der Waals surface area (Å²) in [5.41, 5.74) is 0. The van der Waals surface area contributed by atoms with Crippen molar-refractivity contribution in [2.45, 2.75) is 45.4 Å². The maximum absolute atomic E-state index is 12.0. The van der Waals surface area contributed by atoms with Crippen LogP contribution in [0.15, 0.2) is 28.0 Å². The van der Waals surface area contributed by atoms with E-state index in [-0.39, 0.29) is 11.9 Å². The van der Waals surface area contributed by atoms with E-state index in [2.05, 4.69) is 29.4 Å². The predicted molar refractivity (Wildman–Crippen MR) is 86.6 cm³/mol. The second kappa shape index (κ2) is 7.49. The van der Waals surface area contributed by atoms with Crippen LogP contribution in [0.3, 0.4) is 0 Å². The minimum Gasteiger partial charge on any atom is -0.461 e. The first-order valence-electron chi connectivity index (χ1n) is 7.42. The molecule has 120 valence electrons. The number of furan rings is 1. The molecule has 0 aliphatic heterocycles. The van der Waals surface area contributed by atoms with Gasteiger partial charge in [0.15, 0.2) is 16.7 Å². The molecule has 1 N–H and O–H groups in total. The number of thioether (sulfide) groups is 1. The predicted octanol–water partition coefficient (Wildman–Crippen LogP) is 2.81. The van der Waals surface area contributed by atoms with E-state index < -0.39 is 0 Å². The molecule has 2 aromatic rings. The molecule has 0 aliphatic carbocycles. The molecular formula is C15H22N4O2S. The Morgan fingerprint density at radius 2 is 2.18 bits per heavy atom. The first kappa shape index (κ1) is 16.6. The summed E-state index contributed by atoms with van der Waals surface area (Å²) in [6, 6.07) is 3.83. The fourth-order valence-corrected chi connectivity index (χ4v) is 2.67. The molecule has 0 spiro atoms. The van der Waals surface area contributed by atoms with E-state index in [4.69, 9.17) is 4.42 Å². The largest absolute Gasteiger partial charge is 0.461 e. The van der Waals surface area contributed by atoms with E-state index in [1.807, 2.05) is 30.5 Å². The van der Waals surface area contributed by atoms with Gasteiger partial charge in [-0.25, -0.2) is 0 Å². The Morgan fingerprint density at radius 3 is 2.77 bits per heavy atom. The molecule has 2 rings (SSSR count). The minimum absolute atomic E-state index is 0.0106. The summed E-state index contributed by atoms with van der Waals surface area (Å²) in [5.74, 6) is 2.12. The topological polar surface area (TPSA) is 73.0 Å². The molecule has 0 unspecified atom stereocenters. The van der Waals surface area contributed by atoms with Crippen LogP contribution >= 0.6 is 11.8 Å². The van der Waals surface area contributed by atoms with Gasteiger partial charge in [-0.1, -0.05) is 25.6 Å². The van der Waals surface area contributed by atoms with Gasteiger partial charge in [0.2, 0.25) is 5.91 Å². The van der Waals surface area contributed by atoms with E-state index >= 15 is 0 Å². The summed E-state index contributed by atoms with van der Waals surface area (Å²) in [4.78, 5) is 12.0. The van der Waals surface area contributed by atoms with E-state index in [0.717, 1.165) is 11.7 Å². The number of nitrogens with one attached hydrogen (secondary N) is 1. The third-order valence-corrected chi connectivity index (χ3v) is 4.46. The maximum atomic E-state index is 12.0. The molecule has 0 saturated carbocycles. The summed E-state index contributed by atoms with van der Waals surface area (Å²) >= 11 is 1.39. The van der Waals surface area contributed by atoms with Crippen LogP contribution in [0.5, 0.6) is 0 Å². The van der Waals surface area contributed by atoms with Crippen LogP contribution in [0.25, 0.3) is 11.6 Å². The fourth-order valence-electron chi connectivity index (χ4n) is 1.86. The highest BCUT2D eigenvalue weighted by molar-refractivity contribution is 7.99. The summed E-state index contributed by atoms with van der Waals surface area (Å²) in [7, 11) is 0. The van der Waals surface area contributed by atoms with Crippen LogP contribution in [0, 0.1) is 5.92 Å². The van der Waals surface area contributed by atoms with Crippen LogP contribution < -0.4 is 5.32 Å². The highest BCUT2D eigenvalue weighted by atomic mass is 32.2. The summed E-state index contributed by atoms with van der Waals surface area (Å²) in [6.45, 7) is 8.91. The first-order chi connectivity index (χ1) is 10.5. The maximum Gasteiger partial charge on any atom is 0.230 e. The molecule has 2 aromatic heterocycles. The molecule has 22 heavy (non-hydrogen) atoms. The van der Waals surface area contributed by atoms with Crippen LogP contribution in [0.4, 0.5) is 0 Å². The molecule has 0 fully saturated rings. The Hall–Kier alpha value is -1.76. The fraction of sp³-hybridized carbons (Fsp3) is 0.533. The SMILES string of the molecule is CCn1c(SCC(=O)N[C@@H](C)C(C)C)nnc1-c1ccco1. The number of hydrogen-bond donors (Lipinski definition) is 1. The Kier molecular flexibility index (Phi) is 5.65. The van der Waals surface area contributed by atoms with Gasteiger partial charge in [-0.05, 0) is 31.9 Å². The summed E-state index contributed by atoms with van der Waals surface area (Å²) < 4.78 is 7.32. The molecule has 0 aromatic carbocycles. The lowest BCUT2D eigenvalue weighted by molar-refractivity contribution is -0.119. The average molecular weight is 322 g/mol. The van der Waals surface area contributed by atoms with E-state index in [1.54, 1.807) is 6.26 Å². The van der Waals surface area contributed by atoms with Crippen molar-refractivity contribution in [3.63, 3.8) is 0 Å². The number of carbonyl (C=O) groups excluding carboxylic acids is 1. The van der Waals surface area contributed by atoms with Crippen molar-refractivity contribution in [2.24, 2.45) is 5.92 Å². The van der Waals surface area contributed by atoms with Crippen LogP contribution in [-0.4, -0.2) is 32.5 Å². The number of nitrogens with zero attached hydrogens (tertiary/aromatic N) is 3. The summed E-state index contributed by atoms with van der Waals surface area (Å²) in [5, 5.41) is 12.0. The molecule has 1 amide bonds. The zero-order chi connectivity index (χ0) is 16.1. The quantitative estimate of drug-likeness (QED) is 0.794. The normalized spacial score (nSPS) is 12.6. The zero-order valence-corrected chi connectivity index (χ0v) is 14.2. The van der Waals surface area contributed by atoms with Crippen molar-refractivity contribution in [1.82, 2.24) is 20.1 Å². The van der Waals surface area contributed by atoms with Crippen molar-refractivity contribution < 1.29 is 9.21 Å². The smallest absolute Gasteiger partial charge is 0.230 e. The third-order valence-electron chi connectivity index (χ3n) is 3.50. The van der Waals surface area contributed by atoms with E-state index in [1.165, 1.54) is 11.8 Å². The molecule has 0 aliphatic rings. The van der Waals surface area contributed by atoms with Gasteiger partial charge < -0.3 is 9.73 Å². The Labute approximate surface area is 134 Å². The van der Waals surface area contributed by atoms with Gasteiger partial charge in [0.25, 0.3) is 0 Å². The lowest BCUT2D eigenvalue weighted by atomic mass is 10.1. The second-order valence-corrected chi connectivity index (χ2v) is 6.36. The molecule has 0 radical (unpaired) electrons. The van der Waals surface area contributed by atoms with Crippen molar-refractivity contribution in [3.05, 3.63) is 18.4 Å². The molecule has 2 heterocycles. The Balaban J connectivity index is 2.00. The van der Waals surface area contributed by atoms with Gasteiger partial charge in [-0.2, -0.15) is 0 Å². The molecule has 0 bridgehead atoms. The second-order valence-electron chi connectivity index (χ2n) is 5.42. The van der Waals surface area contributed by atoms with Crippen molar-refractivity contribution >= 4 is 17.7 Å². The van der Waals surface area contributed by atoms with E-state index in [9.17, 15) is 4.79 Å². The highest BCUT2D eigenvalue weighted by Gasteiger charge is 2.17. The lowest BCUT2D eigenvalue weighted by Gasteiger charge is -2.17. The number of carbonyl (C=O) groups is 1. The van der Waals surface area contributed by atoms with Gasteiger partial charge in [-0.3, -0.25) is 9.36 Å². The number of hydrogen-bond acceptors (Lipinski definition) is 5. The lowest BCUT2D eigenvalue weighted by Crippen LogP contribution is -2.37. The van der Waals surface area contributed by atoms with Crippen molar-refractivity contribution in [1.29, 1.82) is 0 Å². The van der Waals surface area contributed by atoms with Gasteiger partial charge in [0.1, 0.15) is 0 Å². The first-order valence-corrected chi connectivity index (χ1v) is 8.40. The van der Waals surface area contributed by atoms with Gasteiger partial charge in [0, 0.05) is 12.6 Å². The molecular weight excluding hydrogens is 300 g/mol. The molecule has 6 nitrogen and oxygen atoms in total.